The van der Waals surface area contributed by atoms with E-state index < -0.39 is 0 Å². The molecule has 116 valence electrons. The van der Waals surface area contributed by atoms with Crippen LogP contribution in [0.1, 0.15) is 25.2 Å². The van der Waals surface area contributed by atoms with Crippen molar-refractivity contribution in [2.24, 2.45) is 0 Å². The number of hydrogen-bond acceptors (Lipinski definition) is 5. The Balaban J connectivity index is 0.00000220. The van der Waals surface area contributed by atoms with Gasteiger partial charge in [0, 0.05) is 23.8 Å². The SMILES string of the molecule is CCSCc1ccc(-c2nc(CC(C)NC)no2)cc1.Cl. The highest BCUT2D eigenvalue weighted by molar-refractivity contribution is 7.98. The standard InChI is InChI=1S/C15H21N3OS.ClH/c1-4-20-10-12-5-7-13(8-6-12)15-17-14(18-19-15)9-11(2)16-3;/h5-8,11,16H,4,9-10H2,1-3H3;1H. The summed E-state index contributed by atoms with van der Waals surface area (Å²) < 4.78 is 5.32. The van der Waals surface area contributed by atoms with E-state index in [-0.39, 0.29) is 12.4 Å². The average molecular weight is 328 g/mol. The van der Waals surface area contributed by atoms with E-state index in [1.54, 1.807) is 0 Å². The zero-order chi connectivity index (χ0) is 14.4. The molecular weight excluding hydrogens is 306 g/mol. The molecule has 0 aliphatic rings. The van der Waals surface area contributed by atoms with Crippen LogP contribution < -0.4 is 5.32 Å². The zero-order valence-electron chi connectivity index (χ0n) is 12.6. The molecule has 1 aromatic carbocycles. The monoisotopic (exact) mass is 327 g/mol. The molecule has 2 aromatic rings. The molecule has 0 saturated carbocycles. The highest BCUT2D eigenvalue weighted by Gasteiger charge is 2.10. The maximum absolute atomic E-state index is 5.32. The fourth-order valence-corrected chi connectivity index (χ4v) is 2.43. The fraction of sp³-hybridized carbons (Fsp3) is 0.467. The van der Waals surface area contributed by atoms with Crippen molar-refractivity contribution in [3.05, 3.63) is 35.7 Å². The summed E-state index contributed by atoms with van der Waals surface area (Å²) in [5.74, 6) is 3.52. The van der Waals surface area contributed by atoms with Gasteiger partial charge in [0.15, 0.2) is 5.82 Å². The van der Waals surface area contributed by atoms with Crippen LogP contribution in [0, 0.1) is 0 Å². The Labute approximate surface area is 136 Å². The summed E-state index contributed by atoms with van der Waals surface area (Å²) in [5.41, 5.74) is 2.30. The molecule has 0 radical (unpaired) electrons. The number of likely N-dealkylation sites (N-methyl/N-ethyl adjacent to an activating group) is 1. The highest BCUT2D eigenvalue weighted by Crippen LogP contribution is 2.20. The molecule has 4 nitrogen and oxygen atoms in total. The van der Waals surface area contributed by atoms with Crippen molar-refractivity contribution in [2.45, 2.75) is 32.1 Å². The van der Waals surface area contributed by atoms with Crippen LogP contribution in [-0.2, 0) is 12.2 Å². The molecular formula is C15H22ClN3OS. The summed E-state index contributed by atoms with van der Waals surface area (Å²) in [4.78, 5) is 4.44. The minimum atomic E-state index is 0. The van der Waals surface area contributed by atoms with Crippen molar-refractivity contribution in [3.8, 4) is 11.5 Å². The molecule has 1 unspecified atom stereocenters. The smallest absolute Gasteiger partial charge is 0.257 e. The van der Waals surface area contributed by atoms with Crippen molar-refractivity contribution >= 4 is 24.2 Å². The van der Waals surface area contributed by atoms with E-state index in [9.17, 15) is 0 Å². The Morgan fingerprint density at radius 3 is 2.62 bits per heavy atom. The van der Waals surface area contributed by atoms with E-state index in [2.05, 4.69) is 41.4 Å². The zero-order valence-corrected chi connectivity index (χ0v) is 14.3. The third-order valence-corrected chi connectivity index (χ3v) is 4.07. The predicted molar refractivity (Wildman–Crippen MR) is 91.0 cm³/mol. The Morgan fingerprint density at radius 2 is 2.00 bits per heavy atom. The molecule has 1 N–H and O–H groups in total. The van der Waals surface area contributed by atoms with Gasteiger partial charge in [0.05, 0.1) is 0 Å². The maximum Gasteiger partial charge on any atom is 0.257 e. The second-order valence-corrected chi connectivity index (χ2v) is 6.02. The van der Waals surface area contributed by atoms with Gasteiger partial charge < -0.3 is 9.84 Å². The van der Waals surface area contributed by atoms with Crippen molar-refractivity contribution in [1.29, 1.82) is 0 Å². The summed E-state index contributed by atoms with van der Waals surface area (Å²) in [6, 6.07) is 8.68. The quantitative estimate of drug-likeness (QED) is 0.842. The van der Waals surface area contributed by atoms with Gasteiger partial charge in [0.2, 0.25) is 0 Å². The lowest BCUT2D eigenvalue weighted by Crippen LogP contribution is -2.24. The number of nitrogens with one attached hydrogen (secondary N) is 1. The van der Waals surface area contributed by atoms with Gasteiger partial charge >= 0.3 is 0 Å². The van der Waals surface area contributed by atoms with Gasteiger partial charge in [0.25, 0.3) is 5.89 Å². The van der Waals surface area contributed by atoms with Crippen LogP contribution >= 0.6 is 24.2 Å². The molecule has 0 aliphatic carbocycles. The molecule has 2 rings (SSSR count). The molecule has 0 aliphatic heterocycles. The molecule has 21 heavy (non-hydrogen) atoms. The van der Waals surface area contributed by atoms with Crippen LogP contribution in [0.3, 0.4) is 0 Å². The lowest BCUT2D eigenvalue weighted by molar-refractivity contribution is 0.418. The number of hydrogen-bond donors (Lipinski definition) is 1. The second-order valence-electron chi connectivity index (χ2n) is 4.74. The summed E-state index contributed by atoms with van der Waals surface area (Å²) in [6.07, 6.45) is 0.769. The highest BCUT2D eigenvalue weighted by atomic mass is 35.5. The van der Waals surface area contributed by atoms with E-state index in [0.29, 0.717) is 11.9 Å². The van der Waals surface area contributed by atoms with Crippen molar-refractivity contribution in [2.75, 3.05) is 12.8 Å². The van der Waals surface area contributed by atoms with Gasteiger partial charge in [0.1, 0.15) is 0 Å². The van der Waals surface area contributed by atoms with Gasteiger partial charge in [-0.25, -0.2) is 0 Å². The summed E-state index contributed by atoms with van der Waals surface area (Å²) in [7, 11) is 1.93. The number of halogens is 1. The molecule has 0 bridgehead atoms. The maximum atomic E-state index is 5.32. The third-order valence-electron chi connectivity index (χ3n) is 3.12. The molecule has 1 atom stereocenters. The first kappa shape index (κ1) is 18.0. The number of nitrogens with zero attached hydrogens (tertiary/aromatic N) is 2. The van der Waals surface area contributed by atoms with Gasteiger partial charge in [-0.15, -0.1) is 12.4 Å². The van der Waals surface area contributed by atoms with Gasteiger partial charge in [-0.2, -0.15) is 16.7 Å². The Morgan fingerprint density at radius 1 is 1.29 bits per heavy atom. The van der Waals surface area contributed by atoms with Crippen molar-refractivity contribution in [1.82, 2.24) is 15.5 Å². The Bertz CT molecular complexity index is 530. The fourth-order valence-electron chi connectivity index (χ4n) is 1.79. The number of rotatable bonds is 7. The summed E-state index contributed by atoms with van der Waals surface area (Å²) in [6.45, 7) is 4.27. The second kappa shape index (κ2) is 9.07. The molecule has 0 spiro atoms. The predicted octanol–water partition coefficient (Wildman–Crippen LogP) is 3.56. The van der Waals surface area contributed by atoms with Crippen LogP contribution in [0.25, 0.3) is 11.5 Å². The van der Waals surface area contributed by atoms with E-state index in [1.165, 1.54) is 5.56 Å². The van der Waals surface area contributed by atoms with E-state index in [1.807, 2.05) is 30.9 Å². The Kier molecular flexibility index (Phi) is 7.78. The van der Waals surface area contributed by atoms with Crippen molar-refractivity contribution < 1.29 is 4.52 Å². The van der Waals surface area contributed by atoms with Crippen LogP contribution in [0.5, 0.6) is 0 Å². The third kappa shape index (κ3) is 5.34. The van der Waals surface area contributed by atoms with Gasteiger partial charge in [-0.05, 0) is 37.4 Å². The lowest BCUT2D eigenvalue weighted by atomic mass is 10.1. The summed E-state index contributed by atoms with van der Waals surface area (Å²) >= 11 is 1.92. The first-order chi connectivity index (χ1) is 9.72. The molecule has 0 fully saturated rings. The summed E-state index contributed by atoms with van der Waals surface area (Å²) in [5, 5.41) is 7.19. The van der Waals surface area contributed by atoms with Gasteiger partial charge in [-0.3, -0.25) is 0 Å². The van der Waals surface area contributed by atoms with Crippen LogP contribution in [0.4, 0.5) is 0 Å². The van der Waals surface area contributed by atoms with E-state index in [4.69, 9.17) is 4.52 Å². The number of aromatic nitrogens is 2. The first-order valence-electron chi connectivity index (χ1n) is 6.89. The van der Waals surface area contributed by atoms with Gasteiger partial charge in [-0.1, -0.05) is 24.2 Å². The lowest BCUT2D eigenvalue weighted by Gasteiger charge is -2.04. The number of thioether (sulfide) groups is 1. The molecule has 1 aromatic heterocycles. The normalized spacial score (nSPS) is 12.0. The average Bonchev–Trinajstić information content (AvgIpc) is 2.94. The van der Waals surface area contributed by atoms with E-state index in [0.717, 1.165) is 29.3 Å². The molecule has 0 saturated heterocycles. The van der Waals surface area contributed by atoms with Crippen LogP contribution in [-0.4, -0.2) is 29.0 Å². The van der Waals surface area contributed by atoms with Crippen LogP contribution in [0.15, 0.2) is 28.8 Å². The molecule has 6 heteroatoms. The molecule has 0 amide bonds. The largest absolute Gasteiger partial charge is 0.334 e. The number of benzene rings is 1. The Hall–Kier alpha value is -1.04. The van der Waals surface area contributed by atoms with E-state index >= 15 is 0 Å². The topological polar surface area (TPSA) is 51.0 Å². The molecule has 1 heterocycles. The van der Waals surface area contributed by atoms with Crippen molar-refractivity contribution in [3.63, 3.8) is 0 Å². The minimum absolute atomic E-state index is 0. The first-order valence-corrected chi connectivity index (χ1v) is 8.05. The minimum Gasteiger partial charge on any atom is -0.334 e. The van der Waals surface area contributed by atoms with Crippen LogP contribution in [0.2, 0.25) is 0 Å².